The summed E-state index contributed by atoms with van der Waals surface area (Å²) in [4.78, 5) is 12.3. The van der Waals surface area contributed by atoms with E-state index in [1.165, 1.54) is 52.3 Å². The molecule has 0 radical (unpaired) electrons. The van der Waals surface area contributed by atoms with Crippen LogP contribution in [0.5, 0.6) is 5.75 Å². The zero-order valence-electron chi connectivity index (χ0n) is 17.1. The van der Waals surface area contributed by atoms with E-state index in [1.807, 2.05) is 0 Å². The lowest BCUT2D eigenvalue weighted by Gasteiger charge is -2.10. The number of ether oxygens (including phenoxy) is 1. The molecular formula is C25H21NO3S2. The van der Waals surface area contributed by atoms with E-state index in [-0.39, 0.29) is 5.56 Å². The quantitative estimate of drug-likeness (QED) is 0.293. The summed E-state index contributed by atoms with van der Waals surface area (Å²) in [6, 6.07) is 26.1. The second-order valence-electron chi connectivity index (χ2n) is 6.99. The molecule has 0 saturated heterocycles. The molecule has 0 saturated carbocycles. The van der Waals surface area contributed by atoms with E-state index < -0.39 is 5.97 Å². The average molecular weight is 448 g/mol. The summed E-state index contributed by atoms with van der Waals surface area (Å²) in [7, 11) is 1.53. The first-order chi connectivity index (χ1) is 15.0. The number of methoxy groups -OCH3 is 1. The van der Waals surface area contributed by atoms with Crippen molar-refractivity contribution in [2.45, 2.75) is 11.1 Å². The maximum absolute atomic E-state index is 11.1. The third-order valence-corrected chi connectivity index (χ3v) is 6.93. The van der Waals surface area contributed by atoms with Crippen LogP contribution in [-0.4, -0.2) is 18.2 Å². The predicted molar refractivity (Wildman–Crippen MR) is 129 cm³/mol. The molecule has 0 bridgehead atoms. The molecule has 3 aromatic carbocycles. The van der Waals surface area contributed by atoms with Crippen molar-refractivity contribution in [3.05, 3.63) is 90.0 Å². The summed E-state index contributed by atoms with van der Waals surface area (Å²) >= 11 is 3.17. The van der Waals surface area contributed by atoms with E-state index in [2.05, 4.69) is 72.3 Å². The van der Waals surface area contributed by atoms with Gasteiger partial charge in [-0.2, -0.15) is 0 Å². The van der Waals surface area contributed by atoms with Gasteiger partial charge in [0.25, 0.3) is 0 Å². The molecule has 0 fully saturated rings. The Kier molecular flexibility index (Phi) is 6.30. The van der Waals surface area contributed by atoms with Crippen LogP contribution < -0.4 is 9.46 Å². The molecule has 0 spiro atoms. The number of benzene rings is 3. The molecule has 0 aliphatic heterocycles. The van der Waals surface area contributed by atoms with E-state index in [0.29, 0.717) is 5.75 Å². The first-order valence-electron chi connectivity index (χ1n) is 9.65. The van der Waals surface area contributed by atoms with Gasteiger partial charge in [-0.25, -0.2) is 4.79 Å². The lowest BCUT2D eigenvalue weighted by molar-refractivity contribution is 0.0696. The van der Waals surface area contributed by atoms with Gasteiger partial charge in [0, 0.05) is 4.88 Å². The topological polar surface area (TPSA) is 58.6 Å². The van der Waals surface area contributed by atoms with Crippen molar-refractivity contribution in [3.8, 4) is 27.3 Å². The lowest BCUT2D eigenvalue weighted by atomic mass is 10.0. The molecule has 1 heterocycles. The fourth-order valence-corrected chi connectivity index (χ4v) is 4.94. The third kappa shape index (κ3) is 4.93. The van der Waals surface area contributed by atoms with E-state index in [9.17, 15) is 4.79 Å². The number of nitrogens with one attached hydrogen (secondary N) is 1. The Morgan fingerprint density at radius 2 is 1.55 bits per heavy atom. The lowest BCUT2D eigenvalue weighted by Crippen LogP contribution is -1.99. The Hall–Kier alpha value is -3.22. The first kappa shape index (κ1) is 21.0. The molecule has 6 heteroatoms. The van der Waals surface area contributed by atoms with Crippen molar-refractivity contribution in [2.75, 3.05) is 11.8 Å². The van der Waals surface area contributed by atoms with Crippen molar-refractivity contribution >= 4 is 34.9 Å². The van der Waals surface area contributed by atoms with Crippen molar-refractivity contribution in [3.63, 3.8) is 0 Å². The number of thiophene rings is 1. The molecule has 0 atom stereocenters. The van der Waals surface area contributed by atoms with Crippen molar-refractivity contribution in [2.24, 2.45) is 0 Å². The minimum atomic E-state index is -0.978. The van der Waals surface area contributed by atoms with Crippen LogP contribution in [0, 0.1) is 6.92 Å². The zero-order chi connectivity index (χ0) is 21.8. The molecule has 4 aromatic rings. The molecule has 0 aliphatic rings. The van der Waals surface area contributed by atoms with Gasteiger partial charge in [-0.05, 0) is 65.9 Å². The number of aromatic carboxylic acids is 1. The van der Waals surface area contributed by atoms with Crippen LogP contribution in [0.2, 0.25) is 0 Å². The Morgan fingerprint density at radius 3 is 2.19 bits per heavy atom. The monoisotopic (exact) mass is 447 g/mol. The highest BCUT2D eigenvalue weighted by atomic mass is 32.2. The van der Waals surface area contributed by atoms with Gasteiger partial charge >= 0.3 is 5.97 Å². The van der Waals surface area contributed by atoms with Gasteiger partial charge in [-0.15, -0.1) is 11.3 Å². The maximum atomic E-state index is 11.1. The van der Waals surface area contributed by atoms with Crippen LogP contribution >= 0.6 is 23.3 Å². The highest BCUT2D eigenvalue weighted by Gasteiger charge is 2.10. The van der Waals surface area contributed by atoms with Crippen LogP contribution in [-0.2, 0) is 0 Å². The summed E-state index contributed by atoms with van der Waals surface area (Å²) in [5.41, 5.74) is 5.78. The van der Waals surface area contributed by atoms with E-state index in [4.69, 9.17) is 9.84 Å². The van der Waals surface area contributed by atoms with Crippen LogP contribution in [0.25, 0.3) is 21.6 Å². The largest absolute Gasteiger partial charge is 0.495 e. The van der Waals surface area contributed by atoms with Gasteiger partial charge in [0.1, 0.15) is 5.75 Å². The Bertz CT molecular complexity index is 1200. The minimum Gasteiger partial charge on any atom is -0.495 e. The number of rotatable bonds is 7. The van der Waals surface area contributed by atoms with Gasteiger partial charge in [0.2, 0.25) is 0 Å². The number of hydrogen-bond acceptors (Lipinski definition) is 5. The zero-order valence-corrected chi connectivity index (χ0v) is 18.7. The first-order valence-corrected chi connectivity index (χ1v) is 11.3. The molecular weight excluding hydrogens is 426 g/mol. The molecule has 4 rings (SSSR count). The van der Waals surface area contributed by atoms with E-state index in [0.717, 1.165) is 9.90 Å². The smallest absolute Gasteiger partial charge is 0.335 e. The maximum Gasteiger partial charge on any atom is 0.335 e. The number of carboxylic acid groups (broad SMARTS) is 1. The molecule has 4 nitrogen and oxygen atoms in total. The van der Waals surface area contributed by atoms with Crippen LogP contribution in [0.15, 0.2) is 83.1 Å². The minimum absolute atomic E-state index is 0.194. The summed E-state index contributed by atoms with van der Waals surface area (Å²) in [6.45, 7) is 2.09. The van der Waals surface area contributed by atoms with Gasteiger partial charge in [0.05, 0.1) is 22.6 Å². The Labute approximate surface area is 189 Å². The fourth-order valence-electron chi connectivity index (χ4n) is 3.12. The third-order valence-electron chi connectivity index (χ3n) is 4.85. The summed E-state index contributed by atoms with van der Waals surface area (Å²) in [5.74, 6) is -0.482. The molecule has 2 N–H and O–H groups in total. The van der Waals surface area contributed by atoms with Gasteiger partial charge in [-0.1, -0.05) is 54.1 Å². The summed E-state index contributed by atoms with van der Waals surface area (Å²) in [5, 5.41) is 9.13. The number of hydrogen-bond donors (Lipinski definition) is 2. The van der Waals surface area contributed by atoms with Crippen molar-refractivity contribution in [1.29, 1.82) is 0 Å². The predicted octanol–water partition coefficient (Wildman–Crippen LogP) is 7.22. The highest BCUT2D eigenvalue weighted by molar-refractivity contribution is 8.02. The molecule has 0 amide bonds. The van der Waals surface area contributed by atoms with E-state index in [1.54, 1.807) is 23.5 Å². The molecule has 0 aliphatic carbocycles. The molecule has 31 heavy (non-hydrogen) atoms. The van der Waals surface area contributed by atoms with Crippen molar-refractivity contribution in [1.82, 2.24) is 0 Å². The fraction of sp³-hybridized carbons (Fsp3) is 0.0800. The van der Waals surface area contributed by atoms with Gasteiger partial charge in [0.15, 0.2) is 0 Å². The van der Waals surface area contributed by atoms with Crippen molar-refractivity contribution < 1.29 is 14.6 Å². The van der Waals surface area contributed by atoms with Gasteiger partial charge < -0.3 is 14.6 Å². The van der Waals surface area contributed by atoms with E-state index >= 15 is 0 Å². The highest BCUT2D eigenvalue weighted by Crippen LogP contribution is 2.37. The average Bonchev–Trinajstić information content (AvgIpc) is 3.27. The van der Waals surface area contributed by atoms with Crippen LogP contribution in [0.4, 0.5) is 5.69 Å². The molecule has 0 unspecified atom stereocenters. The number of aryl methyl sites for hydroxylation is 1. The summed E-state index contributed by atoms with van der Waals surface area (Å²) in [6.07, 6.45) is 0. The second-order valence-corrected chi connectivity index (χ2v) is 9.18. The van der Waals surface area contributed by atoms with Crippen LogP contribution in [0.1, 0.15) is 15.9 Å². The molecule has 156 valence electrons. The normalized spacial score (nSPS) is 10.6. The number of carbonyl (C=O) groups is 1. The van der Waals surface area contributed by atoms with Crippen LogP contribution in [0.3, 0.4) is 0 Å². The number of anilines is 1. The SMILES string of the molecule is COc1cc(C(=O)O)ccc1NSc1ccc(-c2ccc(-c3ccc(C)cc3)cc2)s1. The second kappa shape index (κ2) is 9.29. The Balaban J connectivity index is 1.45. The standard InChI is InChI=1S/C25H21NO3S2/c1-16-3-5-17(6-4-16)18-7-9-19(10-8-18)23-13-14-24(30-23)31-26-21-12-11-20(25(27)28)15-22(21)29-2/h3-15,26H,1-2H3,(H,27,28). The van der Waals surface area contributed by atoms with Gasteiger partial charge in [-0.3, -0.25) is 0 Å². The summed E-state index contributed by atoms with van der Waals surface area (Å²) < 4.78 is 9.67. The molecule has 1 aromatic heterocycles. The number of carboxylic acids is 1. The Morgan fingerprint density at radius 1 is 0.903 bits per heavy atom.